The fourth-order valence-electron chi connectivity index (χ4n) is 17.6. The van der Waals surface area contributed by atoms with Gasteiger partial charge in [0, 0.05) is 78.0 Å². The molecule has 0 aliphatic heterocycles. The van der Waals surface area contributed by atoms with E-state index in [4.69, 9.17) is 19.9 Å². The Balaban J connectivity index is 0.000000143. The Morgan fingerprint density at radius 1 is 0.144 bits per heavy atom. The second kappa shape index (κ2) is 29.3. The number of benzene rings is 17. The molecule has 0 N–H and O–H groups in total. The van der Waals surface area contributed by atoms with E-state index in [0.717, 1.165) is 105 Å². The predicted molar refractivity (Wildman–Crippen MR) is 490 cm³/mol. The van der Waals surface area contributed by atoms with Crippen LogP contribution in [0, 0.1) is 0 Å². The lowest BCUT2D eigenvalue weighted by Crippen LogP contribution is -2.01. The number of aromatic nitrogens is 8. The van der Waals surface area contributed by atoms with Gasteiger partial charge < -0.3 is 9.13 Å². The van der Waals surface area contributed by atoms with Gasteiger partial charge in [0.2, 0.25) is 11.9 Å². The zero-order chi connectivity index (χ0) is 78.0. The van der Waals surface area contributed by atoms with Gasteiger partial charge >= 0.3 is 0 Å². The Kier molecular flexibility index (Phi) is 17.1. The van der Waals surface area contributed by atoms with E-state index < -0.39 is 0 Å². The lowest BCUT2D eigenvalue weighted by Gasteiger charge is -2.12. The highest BCUT2D eigenvalue weighted by molar-refractivity contribution is 6.15. The van der Waals surface area contributed by atoms with Crippen molar-refractivity contribution in [2.75, 3.05) is 0 Å². The van der Waals surface area contributed by atoms with Crippen LogP contribution < -0.4 is 0 Å². The SMILES string of the molecule is c1ccc(-c2cc(-c3ccccc3)cc(-c3ccnc(-n4c5ccccc5c5cc(-c6ccc7c(c6)c6ccccc6n7-c6ccccc6)ccc54)n3)c2)cc1.c1ccc(-c2ccc(-c3cccc(-c4ccnc(-n5c6ccccc6c6cc(-c7ccc8c(c7)c7ccccc7n8-c7ccc(-c8ccccc8)cc7)ccc65)n4)c3)cc2)cc1. The monoisotopic (exact) mass is 1500 g/mol. The average Bonchev–Trinajstić information content (AvgIpc) is 1.59. The largest absolute Gasteiger partial charge is 0.309 e. The summed E-state index contributed by atoms with van der Waals surface area (Å²) in [5, 5.41) is 9.59. The van der Waals surface area contributed by atoms with Gasteiger partial charge in [-0.3, -0.25) is 9.13 Å². The van der Waals surface area contributed by atoms with E-state index >= 15 is 0 Å². The Hall–Kier alpha value is -15.9. The van der Waals surface area contributed by atoms with Crippen molar-refractivity contribution in [3.8, 4) is 124 Å². The van der Waals surface area contributed by atoms with Crippen molar-refractivity contribution in [2.24, 2.45) is 0 Å². The van der Waals surface area contributed by atoms with Gasteiger partial charge in [-0.05, 0) is 211 Å². The molecule has 17 aromatic carbocycles. The van der Waals surface area contributed by atoms with Crippen molar-refractivity contribution >= 4 is 87.2 Å². The highest BCUT2D eigenvalue weighted by atomic mass is 15.2. The lowest BCUT2D eigenvalue weighted by atomic mass is 9.95. The van der Waals surface area contributed by atoms with Crippen molar-refractivity contribution in [1.29, 1.82) is 0 Å². The average molecular weight is 1510 g/mol. The van der Waals surface area contributed by atoms with Crippen molar-refractivity contribution in [3.63, 3.8) is 0 Å². The molecule has 0 saturated heterocycles. The first-order valence-electron chi connectivity index (χ1n) is 40.0. The summed E-state index contributed by atoms with van der Waals surface area (Å²) in [5.74, 6) is 1.29. The summed E-state index contributed by atoms with van der Waals surface area (Å²) in [6, 6.07) is 152. The molecule has 0 radical (unpaired) electrons. The minimum absolute atomic E-state index is 0.642. The maximum Gasteiger partial charge on any atom is 0.235 e. The first kappa shape index (κ1) is 68.9. The van der Waals surface area contributed by atoms with E-state index in [1.165, 1.54) is 93.7 Å². The molecular formula is C110H72N8. The molecule has 0 saturated carbocycles. The summed E-state index contributed by atoms with van der Waals surface area (Å²) in [6.07, 6.45) is 3.75. The van der Waals surface area contributed by atoms with Crippen molar-refractivity contribution in [2.45, 2.75) is 0 Å². The molecule has 0 unspecified atom stereocenters. The van der Waals surface area contributed by atoms with Crippen LogP contribution in [0.5, 0.6) is 0 Å². The van der Waals surface area contributed by atoms with Gasteiger partial charge in [0.1, 0.15) is 0 Å². The first-order chi connectivity index (χ1) is 58.5. The normalized spacial score (nSPS) is 11.6. The Bertz CT molecular complexity index is 7700. The number of para-hydroxylation sites is 5. The van der Waals surface area contributed by atoms with Crippen LogP contribution in [0.1, 0.15) is 0 Å². The van der Waals surface area contributed by atoms with Crippen LogP contribution in [0.3, 0.4) is 0 Å². The molecule has 552 valence electrons. The zero-order valence-electron chi connectivity index (χ0n) is 64.1. The second-order valence-electron chi connectivity index (χ2n) is 30.1. The van der Waals surface area contributed by atoms with E-state index in [1.54, 1.807) is 0 Å². The molecule has 0 aliphatic carbocycles. The number of rotatable bonds is 13. The maximum absolute atomic E-state index is 5.28. The molecule has 6 heterocycles. The molecule has 0 bridgehead atoms. The fraction of sp³-hybridized carbons (Fsp3) is 0. The zero-order valence-corrected chi connectivity index (χ0v) is 64.1. The third-order valence-electron chi connectivity index (χ3n) is 23.2. The number of hydrogen-bond donors (Lipinski definition) is 0. The van der Waals surface area contributed by atoms with Gasteiger partial charge in [-0.15, -0.1) is 0 Å². The highest BCUT2D eigenvalue weighted by Gasteiger charge is 2.22. The third-order valence-corrected chi connectivity index (χ3v) is 23.2. The van der Waals surface area contributed by atoms with Gasteiger partial charge in [-0.25, -0.2) is 19.9 Å². The Labute approximate surface area is 681 Å². The molecule has 0 amide bonds. The highest BCUT2D eigenvalue weighted by Crippen LogP contribution is 2.43. The summed E-state index contributed by atoms with van der Waals surface area (Å²) in [5.41, 5.74) is 31.6. The van der Waals surface area contributed by atoms with E-state index in [0.29, 0.717) is 11.9 Å². The van der Waals surface area contributed by atoms with E-state index in [1.807, 2.05) is 24.5 Å². The van der Waals surface area contributed by atoms with Crippen LogP contribution in [-0.2, 0) is 0 Å². The molecule has 118 heavy (non-hydrogen) atoms. The van der Waals surface area contributed by atoms with Crippen LogP contribution in [-0.4, -0.2) is 38.2 Å². The maximum atomic E-state index is 5.28. The molecule has 0 fully saturated rings. The summed E-state index contributed by atoms with van der Waals surface area (Å²) in [6.45, 7) is 0. The van der Waals surface area contributed by atoms with Gasteiger partial charge in [0.15, 0.2) is 0 Å². The van der Waals surface area contributed by atoms with E-state index in [2.05, 4.69) is 431 Å². The predicted octanol–water partition coefficient (Wildman–Crippen LogP) is 28.3. The Morgan fingerprint density at radius 3 is 0.788 bits per heavy atom. The lowest BCUT2D eigenvalue weighted by molar-refractivity contribution is 0.992. The quantitative estimate of drug-likeness (QED) is 0.115. The minimum Gasteiger partial charge on any atom is -0.309 e. The van der Waals surface area contributed by atoms with Gasteiger partial charge in [-0.2, -0.15) is 0 Å². The second-order valence-corrected chi connectivity index (χ2v) is 30.1. The molecule has 0 atom stereocenters. The van der Waals surface area contributed by atoms with Crippen molar-refractivity contribution < 1.29 is 0 Å². The minimum atomic E-state index is 0.642. The summed E-state index contributed by atoms with van der Waals surface area (Å²) in [7, 11) is 0. The van der Waals surface area contributed by atoms with Crippen LogP contribution in [0.15, 0.2) is 437 Å². The first-order valence-corrected chi connectivity index (χ1v) is 40.0. The molecule has 8 heteroatoms. The molecule has 8 nitrogen and oxygen atoms in total. The number of fused-ring (bicyclic) bond motifs is 12. The van der Waals surface area contributed by atoms with Crippen molar-refractivity contribution in [1.82, 2.24) is 38.2 Å². The molecule has 23 rings (SSSR count). The smallest absolute Gasteiger partial charge is 0.235 e. The summed E-state index contributed by atoms with van der Waals surface area (Å²) < 4.78 is 9.14. The van der Waals surface area contributed by atoms with Crippen molar-refractivity contribution in [3.05, 3.63) is 437 Å². The molecule has 23 aromatic rings. The standard InChI is InChI=1S/C58H38N4.C52H34N4/c1-3-12-39(13-4-1)41-22-24-43(25-23-41)44-16-11-17-47(36-44)53-34-35-59-58(60-53)62-55-21-10-8-19-50(55)52-38-46(29-33-57(52)62)45-28-32-56-51(37-45)49-18-7-9-20-54(49)61(56)48-30-26-42(27-31-48)40-14-5-2-6-15-40;1-4-14-35(15-5-1)39-30-40(36-16-6-2-7-17-36)32-41(31-39)47-28-29-53-52(54-47)56-49-23-13-11-21-44(49)46-34-38(25-27-51(46)56)37-24-26-50-45(33-37)43-20-10-12-22-48(43)55(50)42-18-8-3-9-19-42/h1-38H;1-34H. The van der Waals surface area contributed by atoms with Gasteiger partial charge in [-0.1, -0.05) is 291 Å². The van der Waals surface area contributed by atoms with Crippen LogP contribution >= 0.6 is 0 Å². The third kappa shape index (κ3) is 12.4. The Morgan fingerprint density at radius 2 is 0.390 bits per heavy atom. The topological polar surface area (TPSA) is 71.3 Å². The fourth-order valence-corrected chi connectivity index (χ4v) is 17.6. The van der Waals surface area contributed by atoms with E-state index in [9.17, 15) is 0 Å². The molecule has 0 spiro atoms. The molecular weight excluding hydrogens is 1430 g/mol. The molecule has 6 aromatic heterocycles. The van der Waals surface area contributed by atoms with E-state index in [-0.39, 0.29) is 0 Å². The van der Waals surface area contributed by atoms with Gasteiger partial charge in [0.05, 0.1) is 55.5 Å². The van der Waals surface area contributed by atoms with Crippen LogP contribution in [0.25, 0.3) is 211 Å². The van der Waals surface area contributed by atoms with Gasteiger partial charge in [0.25, 0.3) is 0 Å². The molecule has 0 aliphatic rings. The van der Waals surface area contributed by atoms with Crippen LogP contribution in [0.2, 0.25) is 0 Å². The number of hydrogen-bond acceptors (Lipinski definition) is 4. The summed E-state index contributed by atoms with van der Waals surface area (Å²) in [4.78, 5) is 20.2. The summed E-state index contributed by atoms with van der Waals surface area (Å²) >= 11 is 0. The van der Waals surface area contributed by atoms with Crippen LogP contribution in [0.4, 0.5) is 0 Å². The number of nitrogens with zero attached hydrogens (tertiary/aromatic N) is 8.